The number of hydrogen-bond donors (Lipinski definition) is 3. The largest absolute Gasteiger partial charge is 0.378 e. The van der Waals surface area contributed by atoms with E-state index in [2.05, 4.69) is 37.0 Å². The first-order valence-electron chi connectivity index (χ1n) is 11.4. The molecule has 0 radical (unpaired) electrons. The summed E-state index contributed by atoms with van der Waals surface area (Å²) in [7, 11) is 4.01. The quantitative estimate of drug-likeness (QED) is 0.273. The van der Waals surface area contributed by atoms with E-state index in [0.29, 0.717) is 17.1 Å². The highest BCUT2D eigenvalue weighted by Crippen LogP contribution is 2.28. The van der Waals surface area contributed by atoms with Gasteiger partial charge in [0.2, 0.25) is 0 Å². The predicted octanol–water partition coefficient (Wildman–Crippen LogP) is 5.83. The molecule has 178 valence electrons. The number of aromatic nitrogens is 3. The van der Waals surface area contributed by atoms with Crippen LogP contribution in [0.4, 0.5) is 34.3 Å². The summed E-state index contributed by atoms with van der Waals surface area (Å²) in [5, 5.41) is 10.5. The zero-order valence-electron chi connectivity index (χ0n) is 19.9. The summed E-state index contributed by atoms with van der Waals surface area (Å²) >= 11 is 0. The van der Waals surface area contributed by atoms with Crippen molar-refractivity contribution < 1.29 is 4.79 Å². The summed E-state index contributed by atoms with van der Waals surface area (Å²) in [6.07, 6.45) is 6.78. The molecule has 0 aliphatic rings. The van der Waals surface area contributed by atoms with Crippen LogP contribution >= 0.6 is 0 Å². The third-order valence-electron chi connectivity index (χ3n) is 5.64. The van der Waals surface area contributed by atoms with Crippen LogP contribution in [0.3, 0.4) is 0 Å². The lowest BCUT2D eigenvalue weighted by Gasteiger charge is -2.15. The van der Waals surface area contributed by atoms with Crippen molar-refractivity contribution in [1.29, 1.82) is 0 Å². The van der Waals surface area contributed by atoms with Gasteiger partial charge in [0.05, 0.1) is 16.8 Å². The van der Waals surface area contributed by atoms with Crippen molar-refractivity contribution >= 4 is 51.1 Å². The molecule has 0 unspecified atom stereocenters. The van der Waals surface area contributed by atoms with Gasteiger partial charge in [-0.3, -0.25) is 14.8 Å². The van der Waals surface area contributed by atoms with Gasteiger partial charge in [-0.05, 0) is 72.8 Å². The van der Waals surface area contributed by atoms with Gasteiger partial charge < -0.3 is 20.9 Å². The van der Waals surface area contributed by atoms with E-state index < -0.39 is 0 Å². The Kier molecular flexibility index (Phi) is 6.40. The van der Waals surface area contributed by atoms with Crippen molar-refractivity contribution in [3.8, 4) is 0 Å². The van der Waals surface area contributed by atoms with Crippen molar-refractivity contribution in [3.63, 3.8) is 0 Å². The lowest BCUT2D eigenvalue weighted by atomic mass is 10.1. The Morgan fingerprint density at radius 1 is 0.750 bits per heavy atom. The molecular formula is C28H25N7O. The zero-order valence-corrected chi connectivity index (χ0v) is 19.9. The Labute approximate surface area is 209 Å². The van der Waals surface area contributed by atoms with Crippen molar-refractivity contribution in [2.45, 2.75) is 0 Å². The van der Waals surface area contributed by atoms with E-state index in [1.165, 1.54) is 0 Å². The molecule has 0 spiro atoms. The fraction of sp³-hybridized carbons (Fsp3) is 0.0714. The number of carbonyl (C=O) groups excluding carboxylic acids is 1. The molecule has 8 heteroatoms. The predicted molar refractivity (Wildman–Crippen MR) is 146 cm³/mol. The number of nitrogens with zero attached hydrogens (tertiary/aromatic N) is 4. The molecule has 0 aliphatic carbocycles. The molecule has 3 N–H and O–H groups in total. The minimum atomic E-state index is -0.228. The summed E-state index contributed by atoms with van der Waals surface area (Å²) in [6.45, 7) is 0. The number of fused-ring (bicyclic) bond motifs is 1. The fourth-order valence-electron chi connectivity index (χ4n) is 3.70. The molecule has 0 saturated carbocycles. The van der Waals surface area contributed by atoms with Gasteiger partial charge in [0.1, 0.15) is 5.82 Å². The van der Waals surface area contributed by atoms with Crippen LogP contribution in [0.25, 0.3) is 10.9 Å². The molecule has 0 fully saturated rings. The normalized spacial score (nSPS) is 10.6. The highest BCUT2D eigenvalue weighted by atomic mass is 16.1. The number of carbonyl (C=O) groups is 1. The lowest BCUT2D eigenvalue weighted by Crippen LogP contribution is -2.12. The van der Waals surface area contributed by atoms with E-state index in [1.807, 2.05) is 73.6 Å². The molecule has 8 nitrogen and oxygen atoms in total. The Morgan fingerprint density at radius 3 is 2.22 bits per heavy atom. The molecule has 1 amide bonds. The second-order valence-corrected chi connectivity index (χ2v) is 8.40. The van der Waals surface area contributed by atoms with E-state index in [1.54, 1.807) is 36.9 Å². The lowest BCUT2D eigenvalue weighted by molar-refractivity contribution is 0.102. The summed E-state index contributed by atoms with van der Waals surface area (Å²) in [5.41, 5.74) is 5.89. The molecule has 0 aliphatic heterocycles. The van der Waals surface area contributed by atoms with Gasteiger partial charge >= 0.3 is 0 Å². The second-order valence-electron chi connectivity index (χ2n) is 8.40. The fourth-order valence-corrected chi connectivity index (χ4v) is 3.70. The molecule has 5 rings (SSSR count). The van der Waals surface area contributed by atoms with Gasteiger partial charge in [-0.15, -0.1) is 0 Å². The molecular weight excluding hydrogens is 450 g/mol. The first-order valence-corrected chi connectivity index (χ1v) is 11.4. The van der Waals surface area contributed by atoms with Crippen LogP contribution in [0.15, 0.2) is 97.6 Å². The van der Waals surface area contributed by atoms with Crippen LogP contribution in [0.5, 0.6) is 0 Å². The Balaban J connectivity index is 1.25. The number of amides is 1. The zero-order chi connectivity index (χ0) is 24.9. The molecule has 0 bridgehead atoms. The maximum atomic E-state index is 12.7. The van der Waals surface area contributed by atoms with Gasteiger partial charge in [0.15, 0.2) is 0 Å². The Bertz CT molecular complexity index is 1480. The third kappa shape index (κ3) is 5.23. The molecule has 5 aromatic rings. The van der Waals surface area contributed by atoms with Crippen molar-refractivity contribution in [2.75, 3.05) is 34.9 Å². The highest BCUT2D eigenvalue weighted by molar-refractivity contribution is 6.04. The minimum Gasteiger partial charge on any atom is -0.378 e. The van der Waals surface area contributed by atoms with Crippen molar-refractivity contribution in [3.05, 3.63) is 103 Å². The van der Waals surface area contributed by atoms with Crippen LogP contribution in [0.2, 0.25) is 0 Å². The van der Waals surface area contributed by atoms with Gasteiger partial charge in [-0.25, -0.2) is 4.98 Å². The Morgan fingerprint density at radius 2 is 1.50 bits per heavy atom. The number of hydrogen-bond acceptors (Lipinski definition) is 7. The average Bonchev–Trinajstić information content (AvgIpc) is 2.91. The topological polar surface area (TPSA) is 95.1 Å². The number of nitrogens with one attached hydrogen (secondary N) is 3. The maximum absolute atomic E-state index is 12.7. The van der Waals surface area contributed by atoms with E-state index >= 15 is 0 Å². The molecule has 3 heterocycles. The number of rotatable bonds is 7. The molecule has 0 saturated heterocycles. The summed E-state index contributed by atoms with van der Waals surface area (Å²) < 4.78 is 0. The number of anilines is 6. The van der Waals surface area contributed by atoms with E-state index in [0.717, 1.165) is 33.7 Å². The smallest absolute Gasteiger partial charge is 0.257 e. The minimum absolute atomic E-state index is 0.228. The van der Waals surface area contributed by atoms with Gasteiger partial charge in [-0.1, -0.05) is 0 Å². The maximum Gasteiger partial charge on any atom is 0.257 e. The second kappa shape index (κ2) is 10.1. The third-order valence-corrected chi connectivity index (χ3v) is 5.64. The SMILES string of the molecule is CN(C)c1ccc2nccc(Nc3ccc(C(=O)Nc4ccc(Nc5ccncc5)cc4)cn3)c2c1. The average molecular weight is 476 g/mol. The van der Waals surface area contributed by atoms with Crippen molar-refractivity contribution in [2.24, 2.45) is 0 Å². The van der Waals surface area contributed by atoms with Gasteiger partial charge in [0.25, 0.3) is 5.91 Å². The summed E-state index contributed by atoms with van der Waals surface area (Å²) in [6, 6.07) is 22.9. The van der Waals surface area contributed by atoms with E-state index in [9.17, 15) is 4.79 Å². The van der Waals surface area contributed by atoms with Crippen LogP contribution in [-0.4, -0.2) is 35.0 Å². The molecule has 36 heavy (non-hydrogen) atoms. The first-order chi connectivity index (χ1) is 17.5. The van der Waals surface area contributed by atoms with Crippen LogP contribution < -0.4 is 20.9 Å². The monoisotopic (exact) mass is 475 g/mol. The molecule has 3 aromatic heterocycles. The highest BCUT2D eigenvalue weighted by Gasteiger charge is 2.09. The standard InChI is InChI=1S/C28H25N7O/c1-35(2)23-8-9-25-24(17-23)26(13-16-30-25)34-27-10-3-19(18-31-27)28(36)33-21-6-4-20(5-7-21)32-22-11-14-29-15-12-22/h3-18H,1-2H3,(H,29,32)(H,33,36)(H,30,31,34). The van der Waals surface area contributed by atoms with E-state index in [-0.39, 0.29) is 5.91 Å². The van der Waals surface area contributed by atoms with Crippen LogP contribution in [0.1, 0.15) is 10.4 Å². The van der Waals surface area contributed by atoms with Crippen LogP contribution in [-0.2, 0) is 0 Å². The van der Waals surface area contributed by atoms with Crippen molar-refractivity contribution in [1.82, 2.24) is 15.0 Å². The van der Waals surface area contributed by atoms with Crippen LogP contribution in [0, 0.1) is 0 Å². The molecule has 0 atom stereocenters. The number of benzene rings is 2. The number of pyridine rings is 3. The van der Waals surface area contributed by atoms with Gasteiger partial charge in [-0.2, -0.15) is 0 Å². The summed E-state index contributed by atoms with van der Waals surface area (Å²) in [4.78, 5) is 27.7. The first kappa shape index (κ1) is 22.8. The van der Waals surface area contributed by atoms with Gasteiger partial charge in [0, 0.05) is 67.0 Å². The Hall–Kier alpha value is -4.98. The summed E-state index contributed by atoms with van der Waals surface area (Å²) in [5.74, 6) is 0.412. The van der Waals surface area contributed by atoms with E-state index in [4.69, 9.17) is 0 Å². The molecule has 2 aromatic carbocycles.